The van der Waals surface area contributed by atoms with Crippen LogP contribution in [0.1, 0.15) is 21.6 Å². The zero-order valence-electron chi connectivity index (χ0n) is 10.8. The number of benzene rings is 1. The molecule has 0 atom stereocenters. The van der Waals surface area contributed by atoms with Crippen LogP contribution in [0.3, 0.4) is 0 Å². The Balaban J connectivity index is 1.65. The summed E-state index contributed by atoms with van der Waals surface area (Å²) in [5, 5.41) is 2.99. The van der Waals surface area contributed by atoms with Crippen molar-refractivity contribution >= 4 is 11.7 Å². The second-order valence-corrected chi connectivity index (χ2v) is 4.78. The van der Waals surface area contributed by atoms with Crippen molar-refractivity contribution in [2.24, 2.45) is 5.84 Å². The van der Waals surface area contributed by atoms with Gasteiger partial charge in [-0.3, -0.25) is 4.79 Å². The van der Waals surface area contributed by atoms with E-state index < -0.39 is 0 Å². The Morgan fingerprint density at radius 1 is 1.15 bits per heavy atom. The van der Waals surface area contributed by atoms with Gasteiger partial charge in [-0.1, -0.05) is 24.3 Å². The Labute approximate surface area is 116 Å². The molecular formula is C14H15N5O. The number of amides is 1. The van der Waals surface area contributed by atoms with E-state index in [1.165, 1.54) is 23.5 Å². The summed E-state index contributed by atoms with van der Waals surface area (Å²) in [7, 11) is 0. The molecule has 1 heterocycles. The second kappa shape index (κ2) is 5.26. The number of fused-ring (bicyclic) bond motifs is 1. The molecule has 1 aromatic heterocycles. The molecule has 0 fully saturated rings. The van der Waals surface area contributed by atoms with Gasteiger partial charge in [-0.05, 0) is 24.0 Å². The number of nitrogens with one attached hydrogen (secondary N) is 2. The molecule has 2 aromatic rings. The van der Waals surface area contributed by atoms with E-state index in [0.29, 0.717) is 11.5 Å². The van der Waals surface area contributed by atoms with Crippen molar-refractivity contribution in [3.63, 3.8) is 0 Å². The van der Waals surface area contributed by atoms with Crippen molar-refractivity contribution in [1.82, 2.24) is 15.3 Å². The molecule has 0 saturated carbocycles. The van der Waals surface area contributed by atoms with E-state index in [9.17, 15) is 4.79 Å². The van der Waals surface area contributed by atoms with Gasteiger partial charge in [0.2, 0.25) is 0 Å². The minimum absolute atomic E-state index is 0.119. The van der Waals surface area contributed by atoms with Gasteiger partial charge in [0.15, 0.2) is 5.82 Å². The van der Waals surface area contributed by atoms with Gasteiger partial charge in [0.05, 0.1) is 12.4 Å². The Kier molecular flexibility index (Phi) is 3.30. The van der Waals surface area contributed by atoms with Gasteiger partial charge in [0.25, 0.3) is 5.91 Å². The highest BCUT2D eigenvalue weighted by atomic mass is 16.1. The fourth-order valence-electron chi connectivity index (χ4n) is 2.44. The highest BCUT2D eigenvalue weighted by Gasteiger charge is 2.23. The number of nitrogens with zero attached hydrogens (tertiary/aromatic N) is 2. The van der Waals surface area contributed by atoms with E-state index in [2.05, 4.69) is 32.8 Å². The van der Waals surface area contributed by atoms with Crippen LogP contribution >= 0.6 is 0 Å². The van der Waals surface area contributed by atoms with Crippen molar-refractivity contribution in [2.45, 2.75) is 18.9 Å². The Hall–Kier alpha value is -2.47. The SMILES string of the molecule is NNc1cnc(C(=O)NC2Cc3ccccc3C2)cn1. The van der Waals surface area contributed by atoms with Crippen LogP contribution in [0.5, 0.6) is 0 Å². The van der Waals surface area contributed by atoms with Crippen molar-refractivity contribution in [1.29, 1.82) is 0 Å². The molecular weight excluding hydrogens is 254 g/mol. The first-order chi connectivity index (χ1) is 9.76. The fourth-order valence-corrected chi connectivity index (χ4v) is 2.44. The van der Waals surface area contributed by atoms with Crippen LogP contribution in [-0.4, -0.2) is 21.9 Å². The summed E-state index contributed by atoms with van der Waals surface area (Å²) in [5.74, 6) is 5.42. The molecule has 1 aliphatic carbocycles. The maximum atomic E-state index is 12.1. The Bertz CT molecular complexity index is 601. The summed E-state index contributed by atoms with van der Waals surface area (Å²) in [4.78, 5) is 20.1. The van der Waals surface area contributed by atoms with Gasteiger partial charge in [0.1, 0.15) is 5.69 Å². The van der Waals surface area contributed by atoms with E-state index in [0.717, 1.165) is 12.8 Å². The smallest absolute Gasteiger partial charge is 0.271 e. The molecule has 0 saturated heterocycles. The lowest BCUT2D eigenvalue weighted by molar-refractivity contribution is 0.0933. The summed E-state index contributed by atoms with van der Waals surface area (Å²) < 4.78 is 0. The average molecular weight is 269 g/mol. The number of nitrogen functional groups attached to an aromatic ring is 1. The molecule has 0 unspecified atom stereocenters. The number of rotatable bonds is 3. The number of hydrazine groups is 1. The summed E-state index contributed by atoms with van der Waals surface area (Å²) in [6.45, 7) is 0. The van der Waals surface area contributed by atoms with Crippen LogP contribution in [-0.2, 0) is 12.8 Å². The van der Waals surface area contributed by atoms with E-state index in [-0.39, 0.29) is 11.9 Å². The zero-order valence-corrected chi connectivity index (χ0v) is 10.8. The van der Waals surface area contributed by atoms with Crippen LogP contribution in [0.15, 0.2) is 36.7 Å². The van der Waals surface area contributed by atoms with Crippen molar-refractivity contribution < 1.29 is 4.79 Å². The number of carbonyl (C=O) groups is 1. The Morgan fingerprint density at radius 2 is 1.85 bits per heavy atom. The van der Waals surface area contributed by atoms with E-state index >= 15 is 0 Å². The highest BCUT2D eigenvalue weighted by molar-refractivity contribution is 5.92. The van der Waals surface area contributed by atoms with Crippen LogP contribution in [0, 0.1) is 0 Å². The predicted molar refractivity (Wildman–Crippen MR) is 74.9 cm³/mol. The first-order valence-electron chi connectivity index (χ1n) is 6.42. The summed E-state index contributed by atoms with van der Waals surface area (Å²) >= 11 is 0. The third-order valence-corrected chi connectivity index (χ3v) is 3.42. The standard InChI is InChI=1S/C14H15N5O/c15-19-13-8-16-12(7-17-13)14(20)18-11-5-9-3-1-2-4-10(9)6-11/h1-4,7-8,11H,5-6,15H2,(H,17,19)(H,18,20). The minimum atomic E-state index is -0.209. The molecule has 1 amide bonds. The maximum absolute atomic E-state index is 12.1. The quantitative estimate of drug-likeness (QED) is 0.562. The van der Waals surface area contributed by atoms with Crippen LogP contribution < -0.4 is 16.6 Å². The van der Waals surface area contributed by atoms with Gasteiger partial charge in [-0.2, -0.15) is 0 Å². The first kappa shape index (κ1) is 12.6. The van der Waals surface area contributed by atoms with Crippen molar-refractivity contribution in [3.05, 3.63) is 53.5 Å². The number of hydrogen-bond donors (Lipinski definition) is 3. The Morgan fingerprint density at radius 3 is 2.40 bits per heavy atom. The zero-order chi connectivity index (χ0) is 13.9. The molecule has 102 valence electrons. The number of aromatic nitrogens is 2. The molecule has 1 aromatic carbocycles. The third-order valence-electron chi connectivity index (χ3n) is 3.42. The lowest BCUT2D eigenvalue weighted by Gasteiger charge is -2.11. The average Bonchev–Trinajstić information content (AvgIpc) is 2.89. The molecule has 3 rings (SSSR count). The van der Waals surface area contributed by atoms with Crippen molar-refractivity contribution in [2.75, 3.05) is 5.43 Å². The van der Waals surface area contributed by atoms with E-state index in [1.807, 2.05) is 12.1 Å². The predicted octanol–water partition coefficient (Wildman–Crippen LogP) is 0.659. The van der Waals surface area contributed by atoms with Gasteiger partial charge < -0.3 is 10.7 Å². The monoisotopic (exact) mass is 269 g/mol. The van der Waals surface area contributed by atoms with Crippen LogP contribution in [0.4, 0.5) is 5.82 Å². The van der Waals surface area contributed by atoms with Gasteiger partial charge in [-0.15, -0.1) is 0 Å². The maximum Gasteiger partial charge on any atom is 0.271 e. The second-order valence-electron chi connectivity index (χ2n) is 4.78. The molecule has 6 nitrogen and oxygen atoms in total. The number of anilines is 1. The third kappa shape index (κ3) is 2.46. The molecule has 0 aliphatic heterocycles. The molecule has 4 N–H and O–H groups in total. The largest absolute Gasteiger partial charge is 0.347 e. The molecule has 6 heteroatoms. The van der Waals surface area contributed by atoms with Gasteiger partial charge >= 0.3 is 0 Å². The van der Waals surface area contributed by atoms with Crippen LogP contribution in [0.25, 0.3) is 0 Å². The molecule has 0 bridgehead atoms. The van der Waals surface area contributed by atoms with Crippen LogP contribution in [0.2, 0.25) is 0 Å². The van der Waals surface area contributed by atoms with E-state index in [4.69, 9.17) is 5.84 Å². The summed E-state index contributed by atoms with van der Waals surface area (Å²) in [6, 6.07) is 8.36. The molecule has 20 heavy (non-hydrogen) atoms. The van der Waals surface area contributed by atoms with E-state index in [1.54, 1.807) is 0 Å². The normalized spacial score (nSPS) is 13.8. The lowest BCUT2D eigenvalue weighted by atomic mass is 10.1. The first-order valence-corrected chi connectivity index (χ1v) is 6.42. The number of carbonyl (C=O) groups excluding carboxylic acids is 1. The fraction of sp³-hybridized carbons (Fsp3) is 0.214. The van der Waals surface area contributed by atoms with Gasteiger partial charge in [-0.25, -0.2) is 15.8 Å². The summed E-state index contributed by atoms with van der Waals surface area (Å²) in [5.41, 5.74) is 5.26. The van der Waals surface area contributed by atoms with Gasteiger partial charge in [0, 0.05) is 6.04 Å². The van der Waals surface area contributed by atoms with Crippen molar-refractivity contribution in [3.8, 4) is 0 Å². The number of nitrogens with two attached hydrogens (primary N) is 1. The summed E-state index contributed by atoms with van der Waals surface area (Å²) in [6.07, 6.45) is 4.56. The lowest BCUT2D eigenvalue weighted by Crippen LogP contribution is -2.35. The highest BCUT2D eigenvalue weighted by Crippen LogP contribution is 2.21. The minimum Gasteiger partial charge on any atom is -0.347 e. The molecule has 1 aliphatic rings. The number of hydrogen-bond acceptors (Lipinski definition) is 5. The topological polar surface area (TPSA) is 92.9 Å². The molecule has 0 spiro atoms. The molecule has 0 radical (unpaired) electrons.